The van der Waals surface area contributed by atoms with Gasteiger partial charge in [-0.2, -0.15) is 0 Å². The van der Waals surface area contributed by atoms with Gasteiger partial charge in [-0.05, 0) is 55.9 Å². The standard InChI is InChI=1S/C25H32N4O5/c1-18(24(31)26-16-19-4-6-20(7-5-19)25(32)33-3)28(2)17-23(30)27-21-8-10-22(11-9-21)29-12-14-34-15-13-29/h4-11,18H,12-17H2,1-3H3,(H,26,31)(H,27,30). The van der Waals surface area contributed by atoms with Crippen LogP contribution < -0.4 is 15.5 Å². The van der Waals surface area contributed by atoms with Gasteiger partial charge in [-0.3, -0.25) is 14.5 Å². The van der Waals surface area contributed by atoms with Crippen molar-refractivity contribution >= 4 is 29.2 Å². The summed E-state index contributed by atoms with van der Waals surface area (Å²) in [5, 5.41) is 5.74. The fraction of sp³-hybridized carbons (Fsp3) is 0.400. The summed E-state index contributed by atoms with van der Waals surface area (Å²) in [6.07, 6.45) is 0. The number of nitrogens with one attached hydrogen (secondary N) is 2. The van der Waals surface area contributed by atoms with Gasteiger partial charge in [0.05, 0.1) is 38.5 Å². The molecule has 0 aromatic heterocycles. The molecule has 2 N–H and O–H groups in total. The average Bonchev–Trinajstić information content (AvgIpc) is 2.87. The smallest absolute Gasteiger partial charge is 0.337 e. The van der Waals surface area contributed by atoms with Gasteiger partial charge in [-0.1, -0.05) is 12.1 Å². The molecule has 1 fully saturated rings. The predicted molar refractivity (Wildman–Crippen MR) is 130 cm³/mol. The molecular weight excluding hydrogens is 436 g/mol. The molecule has 2 aromatic carbocycles. The highest BCUT2D eigenvalue weighted by Gasteiger charge is 2.20. The Morgan fingerprint density at radius 3 is 2.32 bits per heavy atom. The van der Waals surface area contributed by atoms with Gasteiger partial charge in [0, 0.05) is 31.0 Å². The summed E-state index contributed by atoms with van der Waals surface area (Å²) in [5.41, 5.74) is 3.12. The van der Waals surface area contributed by atoms with Crippen molar-refractivity contribution in [3.8, 4) is 0 Å². The molecular formula is C25H32N4O5. The Kier molecular flexibility index (Phi) is 9.00. The van der Waals surface area contributed by atoms with Crippen molar-refractivity contribution in [1.29, 1.82) is 0 Å². The van der Waals surface area contributed by atoms with E-state index in [1.54, 1.807) is 43.1 Å². The number of amides is 2. The minimum Gasteiger partial charge on any atom is -0.465 e. The summed E-state index contributed by atoms with van der Waals surface area (Å²) in [4.78, 5) is 40.5. The summed E-state index contributed by atoms with van der Waals surface area (Å²) >= 11 is 0. The van der Waals surface area contributed by atoms with E-state index in [0.29, 0.717) is 17.8 Å². The fourth-order valence-electron chi connectivity index (χ4n) is 3.55. The van der Waals surface area contributed by atoms with Crippen molar-refractivity contribution in [2.45, 2.75) is 19.5 Å². The number of nitrogens with zero attached hydrogens (tertiary/aromatic N) is 2. The highest BCUT2D eigenvalue weighted by Crippen LogP contribution is 2.19. The fourth-order valence-corrected chi connectivity index (χ4v) is 3.55. The summed E-state index contributed by atoms with van der Waals surface area (Å²) < 4.78 is 10.1. The second-order valence-electron chi connectivity index (χ2n) is 8.19. The third-order valence-corrected chi connectivity index (χ3v) is 5.80. The molecule has 0 radical (unpaired) electrons. The summed E-state index contributed by atoms with van der Waals surface area (Å²) in [6.45, 7) is 5.30. The van der Waals surface area contributed by atoms with Crippen molar-refractivity contribution in [3.05, 3.63) is 59.7 Å². The van der Waals surface area contributed by atoms with Crippen LogP contribution in [-0.2, 0) is 25.6 Å². The van der Waals surface area contributed by atoms with Crippen molar-refractivity contribution < 1.29 is 23.9 Å². The first-order valence-electron chi connectivity index (χ1n) is 11.2. The molecule has 2 aromatic rings. The van der Waals surface area contributed by atoms with Gasteiger partial charge < -0.3 is 25.0 Å². The van der Waals surface area contributed by atoms with Gasteiger partial charge in [0.1, 0.15) is 0 Å². The molecule has 182 valence electrons. The van der Waals surface area contributed by atoms with Gasteiger partial charge in [0.15, 0.2) is 0 Å². The van der Waals surface area contributed by atoms with E-state index in [0.717, 1.165) is 37.6 Å². The number of benzene rings is 2. The lowest BCUT2D eigenvalue weighted by Gasteiger charge is -2.29. The Morgan fingerprint density at radius 1 is 1.06 bits per heavy atom. The average molecular weight is 469 g/mol. The molecule has 0 aliphatic carbocycles. The summed E-state index contributed by atoms with van der Waals surface area (Å²) in [6, 6.07) is 14.1. The molecule has 0 spiro atoms. The van der Waals surface area contributed by atoms with Crippen LogP contribution in [0.5, 0.6) is 0 Å². The monoisotopic (exact) mass is 468 g/mol. The first-order valence-corrected chi connectivity index (χ1v) is 11.2. The van der Waals surface area contributed by atoms with Gasteiger partial charge in [-0.15, -0.1) is 0 Å². The molecule has 1 aliphatic rings. The maximum atomic E-state index is 12.5. The number of esters is 1. The Hall–Kier alpha value is -3.43. The Morgan fingerprint density at radius 2 is 1.71 bits per heavy atom. The highest BCUT2D eigenvalue weighted by molar-refractivity contribution is 5.93. The minimum absolute atomic E-state index is 0.0770. The van der Waals surface area contributed by atoms with Crippen LogP contribution in [0, 0.1) is 0 Å². The Labute approximate surface area is 200 Å². The number of carbonyl (C=O) groups is 3. The maximum Gasteiger partial charge on any atom is 0.337 e. The molecule has 2 amide bonds. The van der Waals surface area contributed by atoms with Crippen LogP contribution in [0.15, 0.2) is 48.5 Å². The molecule has 1 unspecified atom stereocenters. The lowest BCUT2D eigenvalue weighted by atomic mass is 10.1. The molecule has 0 bridgehead atoms. The second-order valence-corrected chi connectivity index (χ2v) is 8.19. The molecule has 1 saturated heterocycles. The first-order chi connectivity index (χ1) is 16.4. The van der Waals surface area contributed by atoms with Gasteiger partial charge in [0.2, 0.25) is 11.8 Å². The van der Waals surface area contributed by atoms with E-state index < -0.39 is 12.0 Å². The van der Waals surface area contributed by atoms with E-state index in [1.807, 2.05) is 24.3 Å². The molecule has 1 aliphatic heterocycles. The van der Waals surface area contributed by atoms with Gasteiger partial charge in [0.25, 0.3) is 0 Å². The molecule has 9 nitrogen and oxygen atoms in total. The molecule has 0 saturated carbocycles. The van der Waals surface area contributed by atoms with Crippen LogP contribution in [0.2, 0.25) is 0 Å². The molecule has 34 heavy (non-hydrogen) atoms. The van der Waals surface area contributed by atoms with Crippen molar-refractivity contribution in [1.82, 2.24) is 10.2 Å². The topological polar surface area (TPSA) is 100 Å². The lowest BCUT2D eigenvalue weighted by Crippen LogP contribution is -2.45. The molecule has 9 heteroatoms. The first kappa shape index (κ1) is 25.2. The van der Waals surface area contributed by atoms with E-state index in [9.17, 15) is 14.4 Å². The van der Waals surface area contributed by atoms with Crippen LogP contribution in [-0.4, -0.2) is 75.7 Å². The van der Waals surface area contributed by atoms with Crippen LogP contribution in [0.25, 0.3) is 0 Å². The zero-order valence-electron chi connectivity index (χ0n) is 19.9. The Bertz CT molecular complexity index is 972. The maximum absolute atomic E-state index is 12.5. The van der Waals surface area contributed by atoms with E-state index >= 15 is 0 Å². The van der Waals surface area contributed by atoms with Gasteiger partial charge in [-0.25, -0.2) is 4.79 Å². The number of methoxy groups -OCH3 is 1. The SMILES string of the molecule is COC(=O)c1ccc(CNC(=O)C(C)N(C)CC(=O)Nc2ccc(N3CCOCC3)cc2)cc1. The number of hydrogen-bond donors (Lipinski definition) is 2. The Balaban J connectivity index is 1.43. The van der Waals surface area contributed by atoms with Crippen molar-refractivity contribution in [2.75, 3.05) is 57.2 Å². The number of likely N-dealkylation sites (N-methyl/N-ethyl adjacent to an activating group) is 1. The van der Waals surface area contributed by atoms with Crippen LogP contribution >= 0.6 is 0 Å². The lowest BCUT2D eigenvalue weighted by molar-refractivity contribution is -0.126. The molecule has 1 heterocycles. The van der Waals surface area contributed by atoms with E-state index in [2.05, 4.69) is 20.3 Å². The molecule has 3 rings (SSSR count). The number of morpholine rings is 1. The van der Waals surface area contributed by atoms with Crippen LogP contribution in [0.4, 0.5) is 11.4 Å². The number of ether oxygens (including phenoxy) is 2. The number of rotatable bonds is 9. The summed E-state index contributed by atoms with van der Waals surface area (Å²) in [5.74, 6) is -0.793. The van der Waals surface area contributed by atoms with Crippen molar-refractivity contribution in [2.24, 2.45) is 0 Å². The predicted octanol–water partition coefficient (Wildman–Crippen LogP) is 1.88. The highest BCUT2D eigenvalue weighted by atomic mass is 16.5. The largest absolute Gasteiger partial charge is 0.465 e. The third kappa shape index (κ3) is 7.03. The van der Waals surface area contributed by atoms with Crippen LogP contribution in [0.1, 0.15) is 22.8 Å². The van der Waals surface area contributed by atoms with Crippen molar-refractivity contribution in [3.63, 3.8) is 0 Å². The number of carbonyl (C=O) groups excluding carboxylic acids is 3. The quantitative estimate of drug-likeness (QED) is 0.542. The number of hydrogen-bond acceptors (Lipinski definition) is 7. The number of anilines is 2. The van der Waals surface area contributed by atoms with Gasteiger partial charge >= 0.3 is 5.97 Å². The van der Waals surface area contributed by atoms with E-state index in [-0.39, 0.29) is 18.4 Å². The zero-order valence-corrected chi connectivity index (χ0v) is 19.9. The summed E-state index contributed by atoms with van der Waals surface area (Å²) in [7, 11) is 3.06. The molecule has 1 atom stereocenters. The second kappa shape index (κ2) is 12.2. The van der Waals surface area contributed by atoms with E-state index in [1.165, 1.54) is 7.11 Å². The zero-order chi connectivity index (χ0) is 24.5. The van der Waals surface area contributed by atoms with E-state index in [4.69, 9.17) is 4.74 Å². The van der Waals surface area contributed by atoms with Crippen LogP contribution in [0.3, 0.4) is 0 Å². The normalized spacial score (nSPS) is 14.4. The minimum atomic E-state index is -0.496. The third-order valence-electron chi connectivity index (χ3n) is 5.80.